The highest BCUT2D eigenvalue weighted by atomic mass is 16.1. The molecule has 1 N–H and O–H groups in total. The van der Waals surface area contributed by atoms with Gasteiger partial charge in [0.25, 0.3) is 5.78 Å². The molecule has 0 amide bonds. The number of carbonyl (C=O) groups is 1. The van der Waals surface area contributed by atoms with Gasteiger partial charge in [0.2, 0.25) is 0 Å². The first kappa shape index (κ1) is 5.26. The normalized spacial score (nSPS) is 30.8. The smallest absolute Gasteiger partial charge is 0.287 e. The van der Waals surface area contributed by atoms with Crippen molar-refractivity contribution in [2.45, 2.75) is 12.6 Å². The fourth-order valence-electron chi connectivity index (χ4n) is 0.501. The van der Waals surface area contributed by atoms with Gasteiger partial charge < -0.3 is 0 Å². The Morgan fingerprint density at radius 3 is 2.38 bits per heavy atom. The van der Waals surface area contributed by atoms with E-state index in [-0.39, 0.29) is 5.78 Å². The highest BCUT2D eigenvalue weighted by molar-refractivity contribution is 5.95. The number of nitrogens with zero attached hydrogens (tertiary/aromatic N) is 1. The Bertz CT molecular complexity index is 178. The molecule has 0 aromatic carbocycles. The number of hydrogen-bond acceptors (Lipinski definition) is 2. The highest BCUT2D eigenvalue weighted by Gasteiger charge is 2.60. The van der Waals surface area contributed by atoms with Gasteiger partial charge in [-0.2, -0.15) is 0 Å². The maximum absolute atomic E-state index is 10.5. The van der Waals surface area contributed by atoms with Gasteiger partial charge in [-0.3, -0.25) is 4.79 Å². The minimum absolute atomic E-state index is 0.000000000000000222. The van der Waals surface area contributed by atoms with Crippen LogP contribution in [0, 0.1) is 6.07 Å². The molecule has 0 aliphatic carbocycles. The minimum Gasteiger partial charge on any atom is -0.287 e. The molecule has 0 aromatic rings. The molecule has 0 spiro atoms. The van der Waals surface area contributed by atoms with Crippen molar-refractivity contribution in [2.75, 3.05) is 7.05 Å². The fraction of sp³-hybridized carbons (Fsp3) is 0.600. The van der Waals surface area contributed by atoms with Gasteiger partial charge in [-0.15, -0.1) is 0 Å². The number of nitrogens with one attached hydrogen (secondary N) is 1. The third kappa shape index (κ3) is 0.505. The fourth-order valence-corrected chi connectivity index (χ4v) is 0.501. The molecule has 0 bridgehead atoms. The van der Waals surface area contributed by atoms with Crippen molar-refractivity contribution < 1.29 is 4.79 Å². The number of hydrogen-bond donors (Lipinski definition) is 1. The topological polar surface area (TPSA) is 33.5 Å². The van der Waals surface area contributed by atoms with Crippen molar-refractivity contribution in [2.24, 2.45) is 0 Å². The Morgan fingerprint density at radius 2 is 2.38 bits per heavy atom. The van der Waals surface area contributed by atoms with Gasteiger partial charge in [0.05, 0.1) is 0 Å². The summed E-state index contributed by atoms with van der Waals surface area (Å²) in [5.74, 6) is 0.000000000000000222. The first-order chi connectivity index (χ1) is 3.71. The molecule has 1 heterocycles. The lowest BCUT2D eigenvalue weighted by atomic mass is 10.2. The first-order valence-electron chi connectivity index (χ1n) is 2.40. The monoisotopic (exact) mass is 111 g/mol. The van der Waals surface area contributed by atoms with Crippen LogP contribution in [-0.2, 0) is 4.79 Å². The molecular weight excluding hydrogens is 104 g/mol. The molecule has 0 radical (unpaired) electrons. The van der Waals surface area contributed by atoms with E-state index in [4.69, 9.17) is 0 Å². The largest absolute Gasteiger partial charge is 0.520 e. The second-order valence-electron chi connectivity index (χ2n) is 1.74. The number of ketones is 1. The predicted octanol–water partition coefficient (Wildman–Crippen LogP) is -0.162. The van der Waals surface area contributed by atoms with Crippen LogP contribution in [0.25, 0.3) is 4.85 Å². The van der Waals surface area contributed by atoms with E-state index >= 15 is 0 Å². The average Bonchev–Trinajstić information content (AvgIpc) is 2.44. The van der Waals surface area contributed by atoms with Crippen LogP contribution in [0.1, 0.15) is 6.92 Å². The molecule has 1 atom stereocenters. The molecule has 1 unspecified atom stereocenters. The third-order valence-corrected chi connectivity index (χ3v) is 1.21. The number of rotatable bonds is 2. The molecule has 42 valence electrons. The number of carbonyl (C=O) groups excluding carboxylic acids is 1. The molecule has 1 rings (SSSR count). The van der Waals surface area contributed by atoms with Crippen LogP contribution < -0.4 is 5.32 Å². The SMILES string of the molecule is CNC1(C(C)=O)C#[N+]1. The summed E-state index contributed by atoms with van der Waals surface area (Å²) in [6.45, 7) is 1.49. The lowest BCUT2D eigenvalue weighted by Gasteiger charge is -1.89. The van der Waals surface area contributed by atoms with Crippen LogP contribution in [0.5, 0.6) is 0 Å². The van der Waals surface area contributed by atoms with E-state index in [1.807, 2.05) is 0 Å². The molecule has 1 aliphatic heterocycles. The van der Waals surface area contributed by atoms with Crippen LogP contribution in [0.3, 0.4) is 0 Å². The van der Waals surface area contributed by atoms with Crippen molar-refractivity contribution in [1.82, 2.24) is 5.32 Å². The standard InChI is InChI=1S/C5H7N2O/c1-4(8)5(6-2)3-7-5/h6H,1-2H3/q+1. The van der Waals surface area contributed by atoms with E-state index in [9.17, 15) is 4.79 Å². The Labute approximate surface area is 47.5 Å². The van der Waals surface area contributed by atoms with Crippen molar-refractivity contribution in [3.63, 3.8) is 0 Å². The van der Waals surface area contributed by atoms with Gasteiger partial charge in [-0.25, -0.2) is 5.32 Å². The van der Waals surface area contributed by atoms with Crippen molar-refractivity contribution >= 4 is 5.78 Å². The van der Waals surface area contributed by atoms with Crippen molar-refractivity contribution in [3.8, 4) is 6.07 Å². The van der Waals surface area contributed by atoms with E-state index in [1.165, 1.54) is 6.92 Å². The summed E-state index contributed by atoms with van der Waals surface area (Å²) in [6.07, 6.45) is 0. The van der Waals surface area contributed by atoms with Gasteiger partial charge in [0, 0.05) is 6.92 Å². The molecule has 0 fully saturated rings. The van der Waals surface area contributed by atoms with Gasteiger partial charge in [-0.1, -0.05) is 0 Å². The summed E-state index contributed by atoms with van der Waals surface area (Å²) in [6, 6.07) is 2.56. The first-order valence-corrected chi connectivity index (χ1v) is 2.40. The Balaban J connectivity index is 2.56. The van der Waals surface area contributed by atoms with Crippen molar-refractivity contribution in [1.29, 1.82) is 0 Å². The van der Waals surface area contributed by atoms with E-state index in [0.717, 1.165) is 0 Å². The molecule has 1 aliphatic rings. The molecule has 3 nitrogen and oxygen atoms in total. The molecule has 3 heteroatoms. The van der Waals surface area contributed by atoms with Crippen LogP contribution in [-0.4, -0.2) is 18.5 Å². The highest BCUT2D eigenvalue weighted by Crippen LogP contribution is 2.17. The van der Waals surface area contributed by atoms with Gasteiger partial charge in [0.1, 0.15) is 0 Å². The zero-order chi connectivity index (χ0) is 6.20. The molecule has 0 saturated heterocycles. The second kappa shape index (κ2) is 1.30. The average molecular weight is 111 g/mol. The lowest BCUT2D eigenvalue weighted by molar-refractivity contribution is -0.119. The van der Waals surface area contributed by atoms with E-state index in [2.05, 4.69) is 16.2 Å². The van der Waals surface area contributed by atoms with Gasteiger partial charge in [-0.05, 0) is 11.9 Å². The molecule has 0 aromatic heterocycles. The Morgan fingerprint density at radius 1 is 1.88 bits per heavy atom. The molecular formula is C5H7N2O+. The molecule has 8 heavy (non-hydrogen) atoms. The lowest BCUT2D eigenvalue weighted by Crippen LogP contribution is -2.37. The summed E-state index contributed by atoms with van der Waals surface area (Å²) in [4.78, 5) is 14.2. The summed E-state index contributed by atoms with van der Waals surface area (Å²) in [5.41, 5.74) is -0.722. The minimum atomic E-state index is -0.722. The molecule has 0 saturated carbocycles. The summed E-state index contributed by atoms with van der Waals surface area (Å²) in [5, 5.41) is 2.72. The van der Waals surface area contributed by atoms with Crippen LogP contribution >= 0.6 is 0 Å². The summed E-state index contributed by atoms with van der Waals surface area (Å²) < 4.78 is 0. The Hall–Kier alpha value is -0.880. The summed E-state index contributed by atoms with van der Waals surface area (Å²) >= 11 is 0. The third-order valence-electron chi connectivity index (χ3n) is 1.21. The van der Waals surface area contributed by atoms with Gasteiger partial charge >= 0.3 is 11.7 Å². The zero-order valence-electron chi connectivity index (χ0n) is 4.86. The van der Waals surface area contributed by atoms with E-state index in [0.29, 0.717) is 0 Å². The predicted molar refractivity (Wildman–Crippen MR) is 29.7 cm³/mol. The van der Waals surface area contributed by atoms with Gasteiger partial charge in [0.15, 0.2) is 0 Å². The number of likely N-dealkylation sites (N-methyl/N-ethyl adjacent to an activating group) is 1. The second-order valence-corrected chi connectivity index (χ2v) is 1.74. The number of Topliss-reactive ketones (excluding diaryl/α,β-unsaturated/α-hetero) is 1. The maximum Gasteiger partial charge on any atom is 0.520 e. The van der Waals surface area contributed by atoms with Crippen LogP contribution in [0.2, 0.25) is 0 Å². The van der Waals surface area contributed by atoms with E-state index in [1.54, 1.807) is 7.05 Å². The Kier molecular flexibility index (Phi) is 0.853. The zero-order valence-corrected chi connectivity index (χ0v) is 4.86. The van der Waals surface area contributed by atoms with Crippen LogP contribution in [0.15, 0.2) is 0 Å². The van der Waals surface area contributed by atoms with Crippen molar-refractivity contribution in [3.05, 3.63) is 4.85 Å². The maximum atomic E-state index is 10.5. The van der Waals surface area contributed by atoms with Crippen LogP contribution in [0.4, 0.5) is 0 Å². The summed E-state index contributed by atoms with van der Waals surface area (Å²) in [7, 11) is 1.69. The van der Waals surface area contributed by atoms with E-state index < -0.39 is 5.66 Å². The quantitative estimate of drug-likeness (QED) is 0.537.